The largest absolute Gasteiger partial charge is 0.381 e. The van der Waals surface area contributed by atoms with Crippen LogP contribution >= 0.6 is 15.9 Å². The predicted molar refractivity (Wildman–Crippen MR) is 72.8 cm³/mol. The van der Waals surface area contributed by atoms with Crippen molar-refractivity contribution in [1.82, 2.24) is 0 Å². The average Bonchev–Trinajstić information content (AvgIpc) is 2.22. The highest BCUT2D eigenvalue weighted by Crippen LogP contribution is 2.25. The second-order valence-corrected chi connectivity index (χ2v) is 4.72. The van der Waals surface area contributed by atoms with Gasteiger partial charge in [-0.2, -0.15) is 0 Å². The van der Waals surface area contributed by atoms with Gasteiger partial charge in [-0.3, -0.25) is 0 Å². The lowest BCUT2D eigenvalue weighted by molar-refractivity contribution is 0.185. The fourth-order valence-corrected chi connectivity index (χ4v) is 1.86. The molecule has 88 valence electrons. The van der Waals surface area contributed by atoms with Crippen molar-refractivity contribution in [2.45, 2.75) is 20.5 Å². The van der Waals surface area contributed by atoms with Gasteiger partial charge in [0.2, 0.25) is 0 Å². The molecule has 0 fully saturated rings. The van der Waals surface area contributed by atoms with E-state index in [-0.39, 0.29) is 0 Å². The molecule has 3 heteroatoms. The second kappa shape index (κ2) is 6.71. The highest BCUT2D eigenvalue weighted by Gasteiger charge is 2.04. The summed E-state index contributed by atoms with van der Waals surface area (Å²) in [4.78, 5) is 0. The molecule has 16 heavy (non-hydrogen) atoms. The first-order valence-corrected chi connectivity index (χ1v) is 6.08. The highest BCUT2D eigenvalue weighted by atomic mass is 79.9. The fraction of sp³-hybridized carbons (Fsp3) is 0.385. The molecule has 0 unspecified atom stereocenters. The molecule has 0 heterocycles. The Morgan fingerprint density at radius 1 is 1.44 bits per heavy atom. The molecule has 0 bridgehead atoms. The number of anilines is 1. The fourth-order valence-electron chi connectivity index (χ4n) is 1.38. The van der Waals surface area contributed by atoms with E-state index in [9.17, 15) is 0 Å². The Labute approximate surface area is 106 Å². The first-order valence-electron chi connectivity index (χ1n) is 5.28. The number of allylic oxidation sites excluding steroid dienone is 1. The van der Waals surface area contributed by atoms with Crippen LogP contribution in [0.25, 0.3) is 0 Å². The summed E-state index contributed by atoms with van der Waals surface area (Å²) in [6.45, 7) is 5.64. The van der Waals surface area contributed by atoms with Crippen LogP contribution in [0.15, 0.2) is 34.3 Å². The van der Waals surface area contributed by atoms with Crippen LogP contribution in [-0.4, -0.2) is 13.7 Å². The van der Waals surface area contributed by atoms with Crippen molar-refractivity contribution in [1.29, 1.82) is 0 Å². The lowest BCUT2D eigenvalue weighted by Crippen LogP contribution is -2.03. The normalized spacial score (nSPS) is 10.0. The summed E-state index contributed by atoms with van der Waals surface area (Å²) >= 11 is 3.53. The highest BCUT2D eigenvalue weighted by molar-refractivity contribution is 9.10. The zero-order valence-corrected chi connectivity index (χ0v) is 11.6. The Bertz CT molecular complexity index is 370. The van der Waals surface area contributed by atoms with Crippen LogP contribution < -0.4 is 5.32 Å². The number of hydrogen-bond donors (Lipinski definition) is 1. The van der Waals surface area contributed by atoms with Crippen LogP contribution in [0.2, 0.25) is 0 Å². The van der Waals surface area contributed by atoms with E-state index in [0.29, 0.717) is 6.61 Å². The summed E-state index contributed by atoms with van der Waals surface area (Å²) in [7, 11) is 1.71. The van der Waals surface area contributed by atoms with Gasteiger partial charge in [-0.15, -0.1) is 0 Å². The SMILES string of the molecule is COCc1c(Br)cccc1NCC=C(C)C. The Morgan fingerprint density at radius 2 is 2.19 bits per heavy atom. The first-order chi connectivity index (χ1) is 7.65. The van der Waals surface area contributed by atoms with Crippen molar-refractivity contribution in [2.24, 2.45) is 0 Å². The number of nitrogens with one attached hydrogen (secondary N) is 1. The van der Waals surface area contributed by atoms with Crippen molar-refractivity contribution in [3.05, 3.63) is 39.9 Å². The van der Waals surface area contributed by atoms with Crippen LogP contribution in [0, 0.1) is 0 Å². The summed E-state index contributed by atoms with van der Waals surface area (Å²) in [5.74, 6) is 0. The molecule has 0 aliphatic rings. The van der Waals surface area contributed by atoms with Gasteiger partial charge < -0.3 is 10.1 Å². The van der Waals surface area contributed by atoms with Gasteiger partial charge in [-0.05, 0) is 26.0 Å². The smallest absolute Gasteiger partial charge is 0.0744 e. The van der Waals surface area contributed by atoms with E-state index in [0.717, 1.165) is 22.3 Å². The summed E-state index contributed by atoms with van der Waals surface area (Å²) in [6, 6.07) is 6.12. The van der Waals surface area contributed by atoms with E-state index in [4.69, 9.17) is 4.74 Å². The molecule has 1 N–H and O–H groups in total. The molecule has 2 nitrogen and oxygen atoms in total. The molecule has 1 aromatic rings. The Kier molecular flexibility index (Phi) is 5.56. The molecule has 0 atom stereocenters. The zero-order chi connectivity index (χ0) is 12.0. The second-order valence-electron chi connectivity index (χ2n) is 3.86. The molecule has 1 aromatic carbocycles. The molecule has 0 spiro atoms. The maximum Gasteiger partial charge on any atom is 0.0744 e. The summed E-state index contributed by atoms with van der Waals surface area (Å²) in [6.07, 6.45) is 2.16. The third kappa shape index (κ3) is 3.99. The number of halogens is 1. The summed E-state index contributed by atoms with van der Waals surface area (Å²) in [5, 5.41) is 3.38. The lowest BCUT2D eigenvalue weighted by Gasteiger charge is -2.12. The monoisotopic (exact) mass is 283 g/mol. The summed E-state index contributed by atoms with van der Waals surface area (Å²) in [5.41, 5.74) is 3.59. The van der Waals surface area contributed by atoms with Gasteiger partial charge in [0.05, 0.1) is 6.61 Å². The van der Waals surface area contributed by atoms with Crippen LogP contribution in [0.5, 0.6) is 0 Å². The molecule has 0 aliphatic heterocycles. The van der Waals surface area contributed by atoms with E-state index < -0.39 is 0 Å². The van der Waals surface area contributed by atoms with E-state index in [1.54, 1.807) is 7.11 Å². The van der Waals surface area contributed by atoms with Crippen LogP contribution in [0.1, 0.15) is 19.4 Å². The van der Waals surface area contributed by atoms with E-state index >= 15 is 0 Å². The van der Waals surface area contributed by atoms with Gasteiger partial charge in [0.1, 0.15) is 0 Å². The van der Waals surface area contributed by atoms with Crippen molar-refractivity contribution in [3.8, 4) is 0 Å². The number of methoxy groups -OCH3 is 1. The molecular weight excluding hydrogens is 266 g/mol. The molecule has 0 aromatic heterocycles. The zero-order valence-electron chi connectivity index (χ0n) is 10.0. The van der Waals surface area contributed by atoms with Crippen LogP contribution in [0.3, 0.4) is 0 Å². The molecule has 0 radical (unpaired) electrons. The molecule has 1 rings (SSSR count). The molecule has 0 aliphatic carbocycles. The molecule has 0 saturated carbocycles. The van der Waals surface area contributed by atoms with Crippen LogP contribution in [-0.2, 0) is 11.3 Å². The molecule has 0 amide bonds. The molecular formula is C13H18BrNO. The minimum absolute atomic E-state index is 0.610. The third-order valence-electron chi connectivity index (χ3n) is 2.21. The molecule has 0 saturated heterocycles. The van der Waals surface area contributed by atoms with Gasteiger partial charge in [0, 0.05) is 29.4 Å². The van der Waals surface area contributed by atoms with Crippen molar-refractivity contribution in [2.75, 3.05) is 19.0 Å². The number of ether oxygens (including phenoxy) is 1. The van der Waals surface area contributed by atoms with E-state index in [1.165, 1.54) is 5.57 Å². The van der Waals surface area contributed by atoms with Gasteiger partial charge in [0.15, 0.2) is 0 Å². The maximum atomic E-state index is 5.19. The van der Waals surface area contributed by atoms with Gasteiger partial charge in [0.25, 0.3) is 0 Å². The predicted octanol–water partition coefficient (Wildman–Crippen LogP) is 3.97. The van der Waals surface area contributed by atoms with Crippen LogP contribution in [0.4, 0.5) is 5.69 Å². The first kappa shape index (κ1) is 13.3. The lowest BCUT2D eigenvalue weighted by atomic mass is 10.2. The Morgan fingerprint density at radius 3 is 2.81 bits per heavy atom. The Balaban J connectivity index is 2.78. The average molecular weight is 284 g/mol. The number of benzene rings is 1. The minimum atomic E-state index is 0.610. The number of hydrogen-bond acceptors (Lipinski definition) is 2. The standard InChI is InChI=1S/C13H18BrNO/c1-10(2)7-8-15-13-6-4-5-12(14)11(13)9-16-3/h4-7,15H,8-9H2,1-3H3. The third-order valence-corrected chi connectivity index (χ3v) is 2.95. The van der Waals surface area contributed by atoms with E-state index in [2.05, 4.69) is 47.2 Å². The van der Waals surface area contributed by atoms with Gasteiger partial charge in [-0.25, -0.2) is 0 Å². The quantitative estimate of drug-likeness (QED) is 0.826. The van der Waals surface area contributed by atoms with Crippen molar-refractivity contribution in [3.63, 3.8) is 0 Å². The van der Waals surface area contributed by atoms with Gasteiger partial charge in [-0.1, -0.05) is 33.6 Å². The number of rotatable bonds is 5. The minimum Gasteiger partial charge on any atom is -0.381 e. The van der Waals surface area contributed by atoms with Gasteiger partial charge >= 0.3 is 0 Å². The van der Waals surface area contributed by atoms with Crippen molar-refractivity contribution < 1.29 is 4.74 Å². The summed E-state index contributed by atoms with van der Waals surface area (Å²) < 4.78 is 6.27. The van der Waals surface area contributed by atoms with E-state index in [1.807, 2.05) is 12.1 Å². The maximum absolute atomic E-state index is 5.19. The van der Waals surface area contributed by atoms with Crippen molar-refractivity contribution >= 4 is 21.6 Å². The Hall–Kier alpha value is -0.800. The topological polar surface area (TPSA) is 21.3 Å².